The van der Waals surface area contributed by atoms with Crippen LogP contribution in [0, 0.1) is 5.92 Å². The zero-order valence-electron chi connectivity index (χ0n) is 12.1. The van der Waals surface area contributed by atoms with Gasteiger partial charge in [-0.25, -0.2) is 9.59 Å². The van der Waals surface area contributed by atoms with Gasteiger partial charge in [-0.1, -0.05) is 12.7 Å². The largest absolute Gasteiger partial charge is 0.466 e. The second kappa shape index (κ2) is 6.72. The van der Waals surface area contributed by atoms with Gasteiger partial charge >= 0.3 is 11.9 Å². The molecule has 1 aliphatic carbocycles. The summed E-state index contributed by atoms with van der Waals surface area (Å²) in [7, 11) is 1.35. The molecule has 2 rings (SSSR count). The van der Waals surface area contributed by atoms with E-state index in [9.17, 15) is 14.7 Å². The van der Waals surface area contributed by atoms with Gasteiger partial charge in [0, 0.05) is 17.1 Å². The highest BCUT2D eigenvalue weighted by atomic mass is 16.6. The summed E-state index contributed by atoms with van der Waals surface area (Å²) in [5.41, 5.74) is 1.83. The van der Waals surface area contributed by atoms with E-state index in [-0.39, 0.29) is 18.5 Å². The van der Waals surface area contributed by atoms with Crippen molar-refractivity contribution in [1.82, 2.24) is 0 Å². The molecule has 1 fully saturated rings. The second-order valence-electron chi connectivity index (χ2n) is 5.28. The third-order valence-corrected chi connectivity index (χ3v) is 3.98. The lowest BCUT2D eigenvalue weighted by Gasteiger charge is -2.18. The van der Waals surface area contributed by atoms with Crippen molar-refractivity contribution in [3.63, 3.8) is 0 Å². The van der Waals surface area contributed by atoms with Crippen LogP contribution in [0.25, 0.3) is 0 Å². The summed E-state index contributed by atoms with van der Waals surface area (Å²) in [4.78, 5) is 23.4. The molecule has 2 unspecified atom stereocenters. The summed E-state index contributed by atoms with van der Waals surface area (Å²) >= 11 is 0. The Morgan fingerprint density at radius 3 is 2.95 bits per heavy atom. The molecule has 2 atom stereocenters. The highest BCUT2D eigenvalue weighted by Crippen LogP contribution is 2.34. The molecule has 21 heavy (non-hydrogen) atoms. The lowest BCUT2D eigenvalue weighted by molar-refractivity contribution is -0.138. The van der Waals surface area contributed by atoms with Crippen LogP contribution in [-0.4, -0.2) is 36.9 Å². The van der Waals surface area contributed by atoms with Crippen LogP contribution < -0.4 is 0 Å². The third kappa shape index (κ3) is 3.42. The van der Waals surface area contributed by atoms with Crippen LogP contribution >= 0.6 is 0 Å². The minimum atomic E-state index is -0.401. The summed E-state index contributed by atoms with van der Waals surface area (Å²) in [6.45, 7) is 3.70. The number of ether oxygens (including phenoxy) is 2. The summed E-state index contributed by atoms with van der Waals surface area (Å²) in [5, 5.41) is 9.40. The van der Waals surface area contributed by atoms with Crippen molar-refractivity contribution in [2.45, 2.75) is 31.8 Å². The molecule has 5 nitrogen and oxygen atoms in total. The van der Waals surface area contributed by atoms with E-state index in [1.165, 1.54) is 7.11 Å². The minimum absolute atomic E-state index is 0.0886. The number of aliphatic hydroxyl groups excluding tert-OH is 1. The Balaban J connectivity index is 2.27. The smallest absolute Gasteiger partial charge is 0.334 e. The molecule has 0 spiro atoms. The lowest BCUT2D eigenvalue weighted by atomic mass is 9.87. The third-order valence-electron chi connectivity index (χ3n) is 3.98. The van der Waals surface area contributed by atoms with Gasteiger partial charge in [0.25, 0.3) is 0 Å². The summed E-state index contributed by atoms with van der Waals surface area (Å²) in [6, 6.07) is 0. The van der Waals surface area contributed by atoms with Crippen molar-refractivity contribution >= 4 is 11.9 Å². The summed E-state index contributed by atoms with van der Waals surface area (Å²) in [6.07, 6.45) is 5.63. The first kappa shape index (κ1) is 15.5. The maximum atomic E-state index is 11.7. The van der Waals surface area contributed by atoms with Crippen LogP contribution in [0.5, 0.6) is 0 Å². The van der Waals surface area contributed by atoms with E-state index in [0.717, 1.165) is 5.57 Å². The van der Waals surface area contributed by atoms with Gasteiger partial charge in [0.05, 0.1) is 13.7 Å². The molecule has 1 N–H and O–H groups in total. The summed E-state index contributed by atoms with van der Waals surface area (Å²) in [5.74, 6) is -0.913. The Kier molecular flexibility index (Phi) is 4.96. The quantitative estimate of drug-likeness (QED) is 0.476. The van der Waals surface area contributed by atoms with E-state index in [1.54, 1.807) is 0 Å². The Bertz CT molecular complexity index is 515. The molecule has 0 aromatic rings. The van der Waals surface area contributed by atoms with Gasteiger partial charge in [0.1, 0.15) is 6.10 Å². The molecule has 0 radical (unpaired) electrons. The van der Waals surface area contributed by atoms with Crippen LogP contribution in [0.1, 0.15) is 25.7 Å². The summed E-state index contributed by atoms with van der Waals surface area (Å²) < 4.78 is 10.1. The highest BCUT2D eigenvalue weighted by molar-refractivity contribution is 5.91. The molecule has 114 valence electrons. The topological polar surface area (TPSA) is 72.8 Å². The van der Waals surface area contributed by atoms with Crippen molar-refractivity contribution < 1.29 is 24.2 Å². The fourth-order valence-corrected chi connectivity index (χ4v) is 2.73. The Labute approximate surface area is 123 Å². The number of carbonyl (C=O) groups is 2. The first-order valence-corrected chi connectivity index (χ1v) is 7.04. The standard InChI is InChI=1S/C16H20O5/c1-10-13-7-6-12(16(19)20-2)5-3-4-11(9-17)8-14(13)21-15(10)18/h5,8,13-14,17H,1,3-4,6-7,9H2,2H3. The molecule has 1 aliphatic heterocycles. The molecule has 5 heteroatoms. The van der Waals surface area contributed by atoms with Crippen molar-refractivity contribution in [1.29, 1.82) is 0 Å². The number of esters is 2. The molecule has 0 aromatic carbocycles. The second-order valence-corrected chi connectivity index (χ2v) is 5.28. The molecule has 0 bridgehead atoms. The van der Waals surface area contributed by atoms with Crippen LogP contribution in [0.3, 0.4) is 0 Å². The van der Waals surface area contributed by atoms with Gasteiger partial charge in [-0.15, -0.1) is 0 Å². The molecule has 0 amide bonds. The zero-order valence-corrected chi connectivity index (χ0v) is 12.1. The number of hydrogen-bond acceptors (Lipinski definition) is 5. The van der Waals surface area contributed by atoms with E-state index >= 15 is 0 Å². The highest BCUT2D eigenvalue weighted by Gasteiger charge is 2.37. The predicted molar refractivity (Wildman–Crippen MR) is 76.2 cm³/mol. The SMILES string of the molecule is C=C1C(=O)OC2C=C(CO)CCC=C(C(=O)OC)CCC12. The van der Waals surface area contributed by atoms with Crippen molar-refractivity contribution in [2.24, 2.45) is 5.92 Å². The molecular weight excluding hydrogens is 272 g/mol. The van der Waals surface area contributed by atoms with E-state index in [0.29, 0.717) is 36.8 Å². The van der Waals surface area contributed by atoms with Gasteiger partial charge in [-0.2, -0.15) is 0 Å². The average molecular weight is 292 g/mol. The van der Waals surface area contributed by atoms with Crippen LogP contribution in [0.2, 0.25) is 0 Å². The number of allylic oxidation sites excluding steroid dienone is 1. The number of rotatable bonds is 2. The molecule has 0 aromatic heterocycles. The average Bonchev–Trinajstić information content (AvgIpc) is 2.76. The fraction of sp³-hybridized carbons (Fsp3) is 0.500. The fourth-order valence-electron chi connectivity index (χ4n) is 2.73. The number of fused-ring (bicyclic) bond motifs is 1. The Morgan fingerprint density at radius 1 is 1.52 bits per heavy atom. The molecule has 2 aliphatic rings. The lowest BCUT2D eigenvalue weighted by Crippen LogP contribution is -2.17. The molecular formula is C16H20O5. The van der Waals surface area contributed by atoms with Gasteiger partial charge in [0.2, 0.25) is 0 Å². The Hall–Kier alpha value is -1.88. The maximum Gasteiger partial charge on any atom is 0.334 e. The van der Waals surface area contributed by atoms with Crippen LogP contribution in [-0.2, 0) is 19.1 Å². The van der Waals surface area contributed by atoms with Crippen molar-refractivity contribution in [2.75, 3.05) is 13.7 Å². The van der Waals surface area contributed by atoms with Gasteiger partial charge in [-0.3, -0.25) is 0 Å². The number of hydrogen-bond donors (Lipinski definition) is 1. The number of aliphatic hydroxyl groups is 1. The number of carbonyl (C=O) groups excluding carboxylic acids is 2. The zero-order chi connectivity index (χ0) is 15.4. The van der Waals surface area contributed by atoms with E-state index in [2.05, 4.69) is 6.58 Å². The predicted octanol–water partition coefficient (Wildman–Crippen LogP) is 1.68. The van der Waals surface area contributed by atoms with Gasteiger partial charge < -0.3 is 14.6 Å². The van der Waals surface area contributed by atoms with Crippen molar-refractivity contribution in [3.05, 3.63) is 35.5 Å². The van der Waals surface area contributed by atoms with Crippen LogP contribution in [0.4, 0.5) is 0 Å². The first-order valence-electron chi connectivity index (χ1n) is 7.04. The van der Waals surface area contributed by atoms with Gasteiger partial charge in [0.15, 0.2) is 0 Å². The van der Waals surface area contributed by atoms with Gasteiger partial charge in [-0.05, 0) is 37.3 Å². The van der Waals surface area contributed by atoms with E-state index in [1.807, 2.05) is 12.2 Å². The molecule has 1 saturated heterocycles. The first-order chi connectivity index (χ1) is 10.1. The number of methoxy groups -OCH3 is 1. The van der Waals surface area contributed by atoms with E-state index < -0.39 is 12.1 Å². The molecule has 1 heterocycles. The Morgan fingerprint density at radius 2 is 2.29 bits per heavy atom. The molecule has 0 saturated carbocycles. The van der Waals surface area contributed by atoms with Crippen molar-refractivity contribution in [3.8, 4) is 0 Å². The monoisotopic (exact) mass is 292 g/mol. The van der Waals surface area contributed by atoms with Crippen LogP contribution in [0.15, 0.2) is 35.5 Å². The normalized spacial score (nSPS) is 26.4. The van der Waals surface area contributed by atoms with E-state index in [4.69, 9.17) is 9.47 Å². The maximum absolute atomic E-state index is 11.7. The minimum Gasteiger partial charge on any atom is -0.466 e.